The van der Waals surface area contributed by atoms with Crippen LogP contribution in [0.25, 0.3) is 11.0 Å². The Bertz CT molecular complexity index is 974. The monoisotopic (exact) mass is 350 g/mol. The van der Waals surface area contributed by atoms with Crippen molar-refractivity contribution >= 4 is 34.3 Å². The second kappa shape index (κ2) is 6.45. The number of aromatic nitrogens is 3. The number of aromatic amines is 1. The van der Waals surface area contributed by atoms with E-state index in [1.807, 2.05) is 55.5 Å². The predicted molar refractivity (Wildman–Crippen MR) is 99.9 cm³/mol. The molecule has 0 unspecified atom stereocenters. The zero-order chi connectivity index (χ0) is 17.2. The predicted octanol–water partition coefficient (Wildman–Crippen LogP) is 5.46. The highest BCUT2D eigenvalue weighted by molar-refractivity contribution is 6.32. The molecule has 0 aliphatic carbocycles. The third-order valence-electron chi connectivity index (χ3n) is 3.75. The molecular formula is C19H15ClN4O. The first-order valence-corrected chi connectivity index (χ1v) is 8.16. The fraction of sp³-hybridized carbons (Fsp3) is 0.0526. The van der Waals surface area contributed by atoms with Crippen LogP contribution in [0.15, 0.2) is 60.9 Å². The van der Waals surface area contributed by atoms with E-state index in [0.29, 0.717) is 16.7 Å². The molecule has 0 saturated carbocycles. The summed E-state index contributed by atoms with van der Waals surface area (Å²) in [5, 5.41) is 3.96. The Kier molecular flexibility index (Phi) is 3.99. The Morgan fingerprint density at radius 1 is 1.08 bits per heavy atom. The number of hydrogen-bond acceptors (Lipinski definition) is 4. The Morgan fingerprint density at radius 2 is 1.92 bits per heavy atom. The van der Waals surface area contributed by atoms with Crippen molar-refractivity contribution in [2.24, 2.45) is 0 Å². The molecule has 0 fully saturated rings. The number of aryl methyl sites for hydroxylation is 1. The van der Waals surface area contributed by atoms with Gasteiger partial charge in [-0.2, -0.15) is 0 Å². The summed E-state index contributed by atoms with van der Waals surface area (Å²) in [6, 6.07) is 15.2. The lowest BCUT2D eigenvalue weighted by Gasteiger charge is -2.06. The lowest BCUT2D eigenvalue weighted by Crippen LogP contribution is -1.92. The van der Waals surface area contributed by atoms with E-state index in [1.165, 1.54) is 0 Å². The molecule has 25 heavy (non-hydrogen) atoms. The van der Waals surface area contributed by atoms with Gasteiger partial charge in [0.05, 0.1) is 17.2 Å². The molecule has 0 aliphatic heterocycles. The average Bonchev–Trinajstić information content (AvgIpc) is 2.99. The summed E-state index contributed by atoms with van der Waals surface area (Å²) < 4.78 is 5.73. The smallest absolute Gasteiger partial charge is 0.205 e. The molecule has 0 radical (unpaired) electrons. The summed E-state index contributed by atoms with van der Waals surface area (Å²) in [4.78, 5) is 11.8. The molecule has 0 amide bonds. The Hall–Kier alpha value is -3.05. The van der Waals surface area contributed by atoms with Gasteiger partial charge in [-0.15, -0.1) is 0 Å². The van der Waals surface area contributed by atoms with Crippen LogP contribution >= 0.6 is 11.6 Å². The topological polar surface area (TPSA) is 62.8 Å². The Labute approximate surface area is 149 Å². The molecule has 2 aromatic carbocycles. The first-order valence-electron chi connectivity index (χ1n) is 7.78. The van der Waals surface area contributed by atoms with Crippen molar-refractivity contribution < 1.29 is 4.74 Å². The van der Waals surface area contributed by atoms with E-state index in [1.54, 1.807) is 12.4 Å². The quantitative estimate of drug-likeness (QED) is 0.513. The molecule has 5 nitrogen and oxygen atoms in total. The third kappa shape index (κ3) is 3.41. The summed E-state index contributed by atoms with van der Waals surface area (Å²) in [6.07, 6.45) is 3.38. The van der Waals surface area contributed by atoms with Crippen LogP contribution < -0.4 is 10.1 Å². The lowest BCUT2D eigenvalue weighted by atomic mass is 10.2. The molecular weight excluding hydrogens is 336 g/mol. The minimum Gasteiger partial charge on any atom is -0.456 e. The molecule has 4 rings (SSSR count). The summed E-state index contributed by atoms with van der Waals surface area (Å²) in [5.41, 5.74) is 3.69. The maximum absolute atomic E-state index is 6.15. The maximum Gasteiger partial charge on any atom is 0.205 e. The highest BCUT2D eigenvalue weighted by Crippen LogP contribution is 2.26. The molecule has 0 saturated heterocycles. The van der Waals surface area contributed by atoms with Crippen LogP contribution in [0.1, 0.15) is 5.56 Å². The molecule has 0 atom stereocenters. The number of nitrogens with one attached hydrogen (secondary N) is 2. The van der Waals surface area contributed by atoms with Crippen LogP contribution in [0.3, 0.4) is 0 Å². The number of halogens is 1. The van der Waals surface area contributed by atoms with E-state index in [4.69, 9.17) is 16.3 Å². The van der Waals surface area contributed by atoms with Crippen LogP contribution in [0.4, 0.5) is 11.6 Å². The highest BCUT2D eigenvalue weighted by atomic mass is 35.5. The third-order valence-corrected chi connectivity index (χ3v) is 4.16. The molecule has 2 N–H and O–H groups in total. The van der Waals surface area contributed by atoms with Crippen LogP contribution in [-0.4, -0.2) is 15.0 Å². The van der Waals surface area contributed by atoms with Crippen LogP contribution in [0, 0.1) is 6.92 Å². The second-order valence-electron chi connectivity index (χ2n) is 5.64. The molecule has 4 aromatic rings. The number of anilines is 2. The van der Waals surface area contributed by atoms with Crippen molar-refractivity contribution in [3.8, 4) is 11.5 Å². The van der Waals surface area contributed by atoms with Crippen molar-refractivity contribution in [3.63, 3.8) is 0 Å². The molecule has 2 heterocycles. The fourth-order valence-electron chi connectivity index (χ4n) is 2.49. The number of benzene rings is 2. The van der Waals surface area contributed by atoms with Crippen LogP contribution in [-0.2, 0) is 0 Å². The maximum atomic E-state index is 6.15. The summed E-state index contributed by atoms with van der Waals surface area (Å²) >= 11 is 6.15. The first-order chi connectivity index (χ1) is 12.2. The minimum absolute atomic E-state index is 0.664. The van der Waals surface area contributed by atoms with Crippen molar-refractivity contribution in [3.05, 3.63) is 71.5 Å². The standard InChI is InChI=1S/C19H15ClN4O/c1-12-9-17-18(10-16(12)20)24-19(23-17)22-13-4-6-14(7-5-13)25-15-3-2-8-21-11-15/h2-11H,1H3,(H2,22,23,24). The summed E-state index contributed by atoms with van der Waals surface area (Å²) in [7, 11) is 0. The van der Waals surface area contributed by atoms with Crippen molar-refractivity contribution in [2.75, 3.05) is 5.32 Å². The van der Waals surface area contributed by atoms with Crippen molar-refractivity contribution in [1.29, 1.82) is 0 Å². The van der Waals surface area contributed by atoms with Gasteiger partial charge in [0.25, 0.3) is 0 Å². The lowest BCUT2D eigenvalue weighted by molar-refractivity contribution is 0.480. The van der Waals surface area contributed by atoms with Gasteiger partial charge in [0.15, 0.2) is 0 Å². The fourth-order valence-corrected chi connectivity index (χ4v) is 2.64. The molecule has 0 spiro atoms. The normalized spacial score (nSPS) is 10.8. The van der Waals surface area contributed by atoms with Crippen molar-refractivity contribution in [2.45, 2.75) is 6.92 Å². The van der Waals surface area contributed by atoms with Crippen LogP contribution in [0.2, 0.25) is 5.02 Å². The van der Waals surface area contributed by atoms with Gasteiger partial charge in [-0.1, -0.05) is 11.6 Å². The minimum atomic E-state index is 0.664. The van der Waals surface area contributed by atoms with E-state index < -0.39 is 0 Å². The number of H-pyrrole nitrogens is 1. The highest BCUT2D eigenvalue weighted by Gasteiger charge is 2.06. The van der Waals surface area contributed by atoms with E-state index in [9.17, 15) is 0 Å². The Morgan fingerprint density at radius 3 is 2.68 bits per heavy atom. The number of nitrogens with zero attached hydrogens (tertiary/aromatic N) is 2. The van der Waals surface area contributed by atoms with Gasteiger partial charge in [0.2, 0.25) is 5.95 Å². The number of rotatable bonds is 4. The van der Waals surface area contributed by atoms with E-state index in [2.05, 4.69) is 20.3 Å². The number of ether oxygens (including phenoxy) is 1. The number of imidazole rings is 1. The zero-order valence-corrected chi connectivity index (χ0v) is 14.2. The van der Waals surface area contributed by atoms with E-state index in [0.717, 1.165) is 28.0 Å². The first kappa shape index (κ1) is 15.5. The number of pyridine rings is 1. The van der Waals surface area contributed by atoms with Gasteiger partial charge in [-0.3, -0.25) is 4.98 Å². The average molecular weight is 351 g/mol. The molecule has 6 heteroatoms. The zero-order valence-electron chi connectivity index (χ0n) is 13.5. The van der Waals surface area contributed by atoms with E-state index in [-0.39, 0.29) is 0 Å². The van der Waals surface area contributed by atoms with Gasteiger partial charge < -0.3 is 15.0 Å². The van der Waals surface area contributed by atoms with Gasteiger partial charge in [-0.05, 0) is 61.0 Å². The SMILES string of the molecule is Cc1cc2[nH]c(Nc3ccc(Oc4cccnc4)cc3)nc2cc1Cl. The van der Waals surface area contributed by atoms with Crippen LogP contribution in [0.5, 0.6) is 11.5 Å². The van der Waals surface area contributed by atoms with Gasteiger partial charge in [0, 0.05) is 16.9 Å². The van der Waals surface area contributed by atoms with E-state index >= 15 is 0 Å². The second-order valence-corrected chi connectivity index (χ2v) is 6.05. The number of fused-ring (bicyclic) bond motifs is 1. The van der Waals surface area contributed by atoms with Crippen molar-refractivity contribution in [1.82, 2.24) is 15.0 Å². The largest absolute Gasteiger partial charge is 0.456 e. The molecule has 0 bridgehead atoms. The van der Waals surface area contributed by atoms with Gasteiger partial charge in [-0.25, -0.2) is 4.98 Å². The molecule has 2 aromatic heterocycles. The number of hydrogen-bond donors (Lipinski definition) is 2. The molecule has 0 aliphatic rings. The van der Waals surface area contributed by atoms with Gasteiger partial charge >= 0.3 is 0 Å². The summed E-state index contributed by atoms with van der Waals surface area (Å²) in [5.74, 6) is 2.11. The summed E-state index contributed by atoms with van der Waals surface area (Å²) in [6.45, 7) is 1.97. The molecule has 124 valence electrons. The Balaban J connectivity index is 1.51. The van der Waals surface area contributed by atoms with Gasteiger partial charge in [0.1, 0.15) is 11.5 Å².